The lowest BCUT2D eigenvalue weighted by molar-refractivity contribution is 0.357. The van der Waals surface area contributed by atoms with E-state index in [0.717, 1.165) is 6.42 Å². The van der Waals surface area contributed by atoms with Crippen molar-refractivity contribution in [2.24, 2.45) is 0 Å². The van der Waals surface area contributed by atoms with Gasteiger partial charge in [-0.3, -0.25) is 4.57 Å². The molecule has 0 aromatic rings. The molecule has 0 amide bonds. The van der Waals surface area contributed by atoms with Crippen LogP contribution in [0.15, 0.2) is 0 Å². The minimum atomic E-state index is -3.77. The van der Waals surface area contributed by atoms with E-state index in [4.69, 9.17) is 9.79 Å². The van der Waals surface area contributed by atoms with Crippen molar-refractivity contribution in [3.05, 3.63) is 0 Å². The Bertz CT molecular complexity index is 117. The second-order valence-corrected chi connectivity index (χ2v) is 4.29. The molecular weight excluding hydrogens is 139 g/mol. The predicted octanol–water partition coefficient (Wildman–Crippen LogP) is 1.35. The van der Waals surface area contributed by atoms with Gasteiger partial charge in [-0.1, -0.05) is 20.3 Å². The van der Waals surface area contributed by atoms with E-state index >= 15 is 0 Å². The van der Waals surface area contributed by atoms with Gasteiger partial charge < -0.3 is 9.79 Å². The Kier molecular flexibility index (Phi) is 3.41. The van der Waals surface area contributed by atoms with E-state index in [2.05, 4.69) is 0 Å². The van der Waals surface area contributed by atoms with E-state index in [1.807, 2.05) is 6.92 Å². The van der Waals surface area contributed by atoms with Crippen LogP contribution in [0.1, 0.15) is 26.7 Å². The lowest BCUT2D eigenvalue weighted by Crippen LogP contribution is -2.01. The van der Waals surface area contributed by atoms with Crippen LogP contribution < -0.4 is 0 Å². The Balaban J connectivity index is 3.74. The summed E-state index contributed by atoms with van der Waals surface area (Å²) in [6, 6.07) is 0. The van der Waals surface area contributed by atoms with E-state index < -0.39 is 13.3 Å². The van der Waals surface area contributed by atoms with Crippen LogP contribution in [-0.4, -0.2) is 15.4 Å². The molecular formula is C5H13O3P. The largest absolute Gasteiger partial charge is 0.328 e. The summed E-state index contributed by atoms with van der Waals surface area (Å²) in [5.41, 5.74) is -0.470. The molecule has 3 nitrogen and oxygen atoms in total. The molecule has 0 saturated carbocycles. The monoisotopic (exact) mass is 152 g/mol. The third kappa shape index (κ3) is 3.68. The van der Waals surface area contributed by atoms with E-state index in [1.165, 1.54) is 0 Å². The highest BCUT2D eigenvalue weighted by molar-refractivity contribution is 7.52. The van der Waals surface area contributed by atoms with Crippen LogP contribution >= 0.6 is 7.60 Å². The van der Waals surface area contributed by atoms with Crippen LogP contribution in [0.25, 0.3) is 0 Å². The molecule has 0 aliphatic heterocycles. The summed E-state index contributed by atoms with van der Waals surface area (Å²) in [5.74, 6) is 0. The molecule has 0 aliphatic rings. The predicted molar refractivity (Wildman–Crippen MR) is 36.4 cm³/mol. The van der Waals surface area contributed by atoms with Crippen molar-refractivity contribution in [1.82, 2.24) is 0 Å². The average Bonchev–Trinajstić information content (AvgIpc) is 1.64. The number of hydrogen-bond donors (Lipinski definition) is 2. The van der Waals surface area contributed by atoms with Gasteiger partial charge in [0, 0.05) is 0 Å². The quantitative estimate of drug-likeness (QED) is 0.600. The molecule has 0 saturated heterocycles. The summed E-state index contributed by atoms with van der Waals surface area (Å²) < 4.78 is 10.4. The van der Waals surface area contributed by atoms with Crippen molar-refractivity contribution < 1.29 is 14.4 Å². The molecule has 0 heterocycles. The molecule has 4 heteroatoms. The molecule has 0 fully saturated rings. The van der Waals surface area contributed by atoms with Crippen molar-refractivity contribution in [3.63, 3.8) is 0 Å². The summed E-state index contributed by atoms with van der Waals surface area (Å²) in [6.45, 7) is 3.48. The minimum absolute atomic E-state index is 0.470. The maximum absolute atomic E-state index is 10.4. The lowest BCUT2D eigenvalue weighted by atomic mass is 10.3. The van der Waals surface area contributed by atoms with Gasteiger partial charge in [-0.25, -0.2) is 0 Å². The lowest BCUT2D eigenvalue weighted by Gasteiger charge is -2.10. The molecule has 2 N–H and O–H groups in total. The van der Waals surface area contributed by atoms with Crippen LogP contribution in [0.5, 0.6) is 0 Å². The molecule has 0 rings (SSSR count). The second kappa shape index (κ2) is 3.35. The Morgan fingerprint density at radius 1 is 1.56 bits per heavy atom. The normalized spacial score (nSPS) is 15.6. The highest BCUT2D eigenvalue weighted by atomic mass is 31.2. The molecule has 56 valence electrons. The van der Waals surface area contributed by atoms with Crippen molar-refractivity contribution in [2.45, 2.75) is 32.3 Å². The van der Waals surface area contributed by atoms with Gasteiger partial charge in [0.25, 0.3) is 0 Å². The Labute approximate surface area is 55.3 Å². The molecule has 1 unspecified atom stereocenters. The van der Waals surface area contributed by atoms with Gasteiger partial charge in [0.05, 0.1) is 5.66 Å². The molecule has 1 atom stereocenters. The number of rotatable bonds is 3. The van der Waals surface area contributed by atoms with Crippen molar-refractivity contribution >= 4 is 7.60 Å². The molecule has 0 aliphatic carbocycles. The Morgan fingerprint density at radius 2 is 2.00 bits per heavy atom. The molecule has 0 spiro atoms. The summed E-state index contributed by atoms with van der Waals surface area (Å²) in [5, 5.41) is 0. The Morgan fingerprint density at radius 3 is 2.11 bits per heavy atom. The van der Waals surface area contributed by atoms with Gasteiger partial charge in [-0.2, -0.15) is 0 Å². The van der Waals surface area contributed by atoms with Crippen LogP contribution in [0, 0.1) is 0 Å². The highest BCUT2D eigenvalue weighted by Gasteiger charge is 2.21. The first-order chi connectivity index (χ1) is 3.98. The molecule has 0 aromatic heterocycles. The van der Waals surface area contributed by atoms with Gasteiger partial charge in [0.1, 0.15) is 0 Å². The first kappa shape index (κ1) is 9.15. The van der Waals surface area contributed by atoms with Gasteiger partial charge in [0.15, 0.2) is 0 Å². The standard InChI is InChI=1S/C5H13O3P/c1-3-4-5(2)9(6,7)8/h5H,3-4H2,1-2H3,(H2,6,7,8). The fourth-order valence-electron chi connectivity index (χ4n) is 0.586. The van der Waals surface area contributed by atoms with E-state index in [9.17, 15) is 4.57 Å². The summed E-state index contributed by atoms with van der Waals surface area (Å²) in [4.78, 5) is 17.1. The molecule has 0 aromatic carbocycles. The smallest absolute Gasteiger partial charge is 0.324 e. The zero-order valence-electron chi connectivity index (χ0n) is 5.74. The highest BCUT2D eigenvalue weighted by Crippen LogP contribution is 2.42. The summed E-state index contributed by atoms with van der Waals surface area (Å²) in [7, 11) is -3.77. The van der Waals surface area contributed by atoms with Crippen LogP contribution in [0.3, 0.4) is 0 Å². The Hall–Kier alpha value is 0.150. The van der Waals surface area contributed by atoms with Crippen LogP contribution in [0.4, 0.5) is 0 Å². The zero-order chi connectivity index (χ0) is 7.49. The van der Waals surface area contributed by atoms with E-state index in [0.29, 0.717) is 6.42 Å². The van der Waals surface area contributed by atoms with Crippen LogP contribution in [-0.2, 0) is 4.57 Å². The maximum atomic E-state index is 10.4. The second-order valence-electron chi connectivity index (χ2n) is 2.23. The maximum Gasteiger partial charge on any atom is 0.328 e. The molecule has 9 heavy (non-hydrogen) atoms. The zero-order valence-corrected chi connectivity index (χ0v) is 6.64. The number of hydrogen-bond acceptors (Lipinski definition) is 1. The first-order valence-electron chi connectivity index (χ1n) is 3.03. The fourth-order valence-corrected chi connectivity index (χ4v) is 1.18. The van der Waals surface area contributed by atoms with Gasteiger partial charge >= 0.3 is 7.60 Å². The van der Waals surface area contributed by atoms with E-state index in [1.54, 1.807) is 6.92 Å². The third-order valence-electron chi connectivity index (χ3n) is 1.28. The SMILES string of the molecule is CCCC(C)P(=O)(O)O. The first-order valence-corrected chi connectivity index (χ1v) is 4.72. The fraction of sp³-hybridized carbons (Fsp3) is 1.00. The molecule has 0 radical (unpaired) electrons. The molecule has 0 bridgehead atoms. The van der Waals surface area contributed by atoms with Crippen molar-refractivity contribution in [3.8, 4) is 0 Å². The van der Waals surface area contributed by atoms with Crippen molar-refractivity contribution in [2.75, 3.05) is 0 Å². The van der Waals surface area contributed by atoms with Gasteiger partial charge in [0.2, 0.25) is 0 Å². The average molecular weight is 152 g/mol. The van der Waals surface area contributed by atoms with Gasteiger partial charge in [-0.05, 0) is 6.42 Å². The van der Waals surface area contributed by atoms with Crippen molar-refractivity contribution in [1.29, 1.82) is 0 Å². The summed E-state index contributed by atoms with van der Waals surface area (Å²) in [6.07, 6.45) is 1.43. The van der Waals surface area contributed by atoms with Gasteiger partial charge in [-0.15, -0.1) is 0 Å². The summed E-state index contributed by atoms with van der Waals surface area (Å²) >= 11 is 0. The minimum Gasteiger partial charge on any atom is -0.324 e. The third-order valence-corrected chi connectivity index (χ3v) is 2.69. The van der Waals surface area contributed by atoms with E-state index in [-0.39, 0.29) is 0 Å². The topological polar surface area (TPSA) is 57.5 Å². The van der Waals surface area contributed by atoms with Crippen LogP contribution in [0.2, 0.25) is 0 Å².